The van der Waals surface area contributed by atoms with Gasteiger partial charge in [-0.2, -0.15) is 0 Å². The number of aromatic nitrogens is 1. The van der Waals surface area contributed by atoms with Gasteiger partial charge in [-0.1, -0.05) is 19.1 Å². The minimum absolute atomic E-state index is 0.0718. The van der Waals surface area contributed by atoms with Gasteiger partial charge in [-0.3, -0.25) is 9.59 Å². The maximum atomic E-state index is 12.2. The molecule has 2 aromatic rings. The molecule has 2 amide bonds. The van der Waals surface area contributed by atoms with Crippen LogP contribution in [0.25, 0.3) is 0 Å². The van der Waals surface area contributed by atoms with Crippen LogP contribution in [0.4, 0.5) is 0 Å². The molecule has 1 atom stereocenters. The summed E-state index contributed by atoms with van der Waals surface area (Å²) >= 11 is 0. The van der Waals surface area contributed by atoms with Crippen molar-refractivity contribution in [1.82, 2.24) is 15.6 Å². The first-order valence-corrected chi connectivity index (χ1v) is 8.25. The molecular formula is C19H25N3O2. The molecule has 1 heterocycles. The van der Waals surface area contributed by atoms with Gasteiger partial charge in [-0.25, -0.2) is 0 Å². The van der Waals surface area contributed by atoms with Crippen LogP contribution in [0.2, 0.25) is 0 Å². The van der Waals surface area contributed by atoms with Crippen molar-refractivity contribution in [3.8, 4) is 0 Å². The molecule has 0 aliphatic rings. The third-order valence-corrected chi connectivity index (χ3v) is 4.04. The molecule has 24 heavy (non-hydrogen) atoms. The highest BCUT2D eigenvalue weighted by Gasteiger charge is 2.12. The summed E-state index contributed by atoms with van der Waals surface area (Å²) in [5, 5.41) is 5.82. The lowest BCUT2D eigenvalue weighted by molar-refractivity contribution is 0.0932. The Morgan fingerprint density at radius 1 is 1.12 bits per heavy atom. The molecule has 128 valence electrons. The number of carbonyl (C=O) groups excluding carboxylic acids is 2. The van der Waals surface area contributed by atoms with Crippen molar-refractivity contribution in [2.24, 2.45) is 0 Å². The van der Waals surface area contributed by atoms with Gasteiger partial charge in [0.15, 0.2) is 0 Å². The summed E-state index contributed by atoms with van der Waals surface area (Å²) in [7, 11) is 0. The first kappa shape index (κ1) is 17.8. The SMILES string of the molecule is CCC(C)NC(=O)c1ccc(CNC(=O)c2[nH]c(C)cc2C)cc1. The molecular weight excluding hydrogens is 302 g/mol. The fourth-order valence-electron chi connectivity index (χ4n) is 2.42. The first-order chi connectivity index (χ1) is 11.4. The van der Waals surface area contributed by atoms with Gasteiger partial charge in [0.05, 0.1) is 0 Å². The maximum Gasteiger partial charge on any atom is 0.268 e. The van der Waals surface area contributed by atoms with E-state index in [9.17, 15) is 9.59 Å². The van der Waals surface area contributed by atoms with Crippen LogP contribution < -0.4 is 10.6 Å². The highest BCUT2D eigenvalue weighted by molar-refractivity contribution is 5.95. The molecule has 1 aromatic heterocycles. The van der Waals surface area contributed by atoms with Crippen LogP contribution in [0.15, 0.2) is 30.3 Å². The van der Waals surface area contributed by atoms with Crippen molar-refractivity contribution in [3.05, 3.63) is 58.4 Å². The molecule has 0 radical (unpaired) electrons. The Bertz CT molecular complexity index is 717. The van der Waals surface area contributed by atoms with Gasteiger partial charge in [0, 0.05) is 23.8 Å². The topological polar surface area (TPSA) is 74.0 Å². The summed E-state index contributed by atoms with van der Waals surface area (Å²) in [5.41, 5.74) is 4.07. The summed E-state index contributed by atoms with van der Waals surface area (Å²) in [6.07, 6.45) is 0.896. The second kappa shape index (κ2) is 7.81. The monoisotopic (exact) mass is 327 g/mol. The number of hydrogen-bond donors (Lipinski definition) is 3. The maximum absolute atomic E-state index is 12.2. The van der Waals surface area contributed by atoms with Gasteiger partial charge in [-0.15, -0.1) is 0 Å². The van der Waals surface area contributed by atoms with Crippen LogP contribution in [0.1, 0.15) is 57.9 Å². The standard InChI is InChI=1S/C19H25N3O2/c1-5-13(3)22-18(23)16-8-6-15(7-9-16)11-20-19(24)17-12(2)10-14(4)21-17/h6-10,13,21H,5,11H2,1-4H3,(H,20,24)(H,22,23). The Balaban J connectivity index is 1.93. The van der Waals surface area contributed by atoms with E-state index in [4.69, 9.17) is 0 Å². The Morgan fingerprint density at radius 3 is 2.33 bits per heavy atom. The number of aryl methyl sites for hydroxylation is 2. The predicted octanol–water partition coefficient (Wildman–Crippen LogP) is 3.09. The van der Waals surface area contributed by atoms with Crippen LogP contribution in [-0.2, 0) is 6.54 Å². The minimum Gasteiger partial charge on any atom is -0.354 e. The Labute approximate surface area is 142 Å². The molecule has 0 bridgehead atoms. The number of carbonyl (C=O) groups is 2. The number of nitrogens with one attached hydrogen (secondary N) is 3. The number of rotatable bonds is 6. The molecule has 1 unspecified atom stereocenters. The third-order valence-electron chi connectivity index (χ3n) is 4.04. The normalized spacial score (nSPS) is 11.8. The molecule has 5 heteroatoms. The lowest BCUT2D eigenvalue weighted by Gasteiger charge is -2.11. The number of aromatic amines is 1. The van der Waals surface area contributed by atoms with Crippen molar-refractivity contribution >= 4 is 11.8 Å². The van der Waals surface area contributed by atoms with Crippen molar-refractivity contribution in [3.63, 3.8) is 0 Å². The zero-order valence-corrected chi connectivity index (χ0v) is 14.7. The molecule has 0 aliphatic carbocycles. The van der Waals surface area contributed by atoms with E-state index < -0.39 is 0 Å². The molecule has 3 N–H and O–H groups in total. The number of H-pyrrole nitrogens is 1. The number of benzene rings is 1. The van der Waals surface area contributed by atoms with E-state index in [1.54, 1.807) is 12.1 Å². The van der Waals surface area contributed by atoms with E-state index in [-0.39, 0.29) is 17.9 Å². The summed E-state index contributed by atoms with van der Waals surface area (Å²) < 4.78 is 0. The molecule has 0 aliphatic heterocycles. The Kier molecular flexibility index (Phi) is 5.79. The molecule has 0 fully saturated rings. The van der Waals surface area contributed by atoms with Crippen molar-refractivity contribution in [2.45, 2.75) is 46.7 Å². The van der Waals surface area contributed by atoms with Gasteiger partial charge < -0.3 is 15.6 Å². The minimum atomic E-state index is -0.126. The second-order valence-corrected chi connectivity index (χ2v) is 6.17. The number of hydrogen-bond acceptors (Lipinski definition) is 2. The summed E-state index contributed by atoms with van der Waals surface area (Å²) in [4.78, 5) is 27.3. The molecule has 1 aromatic carbocycles. The van der Waals surface area contributed by atoms with E-state index in [0.29, 0.717) is 17.8 Å². The molecule has 0 saturated carbocycles. The van der Waals surface area contributed by atoms with Gasteiger partial charge in [0.1, 0.15) is 5.69 Å². The Hall–Kier alpha value is -2.56. The van der Waals surface area contributed by atoms with Crippen LogP contribution >= 0.6 is 0 Å². The van der Waals surface area contributed by atoms with E-state index >= 15 is 0 Å². The van der Waals surface area contributed by atoms with Crippen LogP contribution in [-0.4, -0.2) is 22.8 Å². The van der Waals surface area contributed by atoms with E-state index in [2.05, 4.69) is 15.6 Å². The molecule has 0 saturated heterocycles. The lowest BCUT2D eigenvalue weighted by Crippen LogP contribution is -2.31. The molecule has 2 rings (SSSR count). The predicted molar refractivity (Wildman–Crippen MR) is 95.1 cm³/mol. The summed E-state index contributed by atoms with van der Waals surface area (Å²) in [6, 6.07) is 9.38. The average Bonchev–Trinajstić information content (AvgIpc) is 2.91. The van der Waals surface area contributed by atoms with E-state index in [0.717, 1.165) is 23.2 Å². The summed E-state index contributed by atoms with van der Waals surface area (Å²) in [6.45, 7) is 8.26. The van der Waals surface area contributed by atoms with Gasteiger partial charge in [0.25, 0.3) is 11.8 Å². The van der Waals surface area contributed by atoms with Crippen LogP contribution in [0.3, 0.4) is 0 Å². The van der Waals surface area contributed by atoms with Gasteiger partial charge in [-0.05, 0) is 56.5 Å². The molecule has 5 nitrogen and oxygen atoms in total. The Morgan fingerprint density at radius 2 is 1.79 bits per heavy atom. The summed E-state index contributed by atoms with van der Waals surface area (Å²) in [5.74, 6) is -0.198. The fourth-order valence-corrected chi connectivity index (χ4v) is 2.42. The van der Waals surface area contributed by atoms with Crippen LogP contribution in [0.5, 0.6) is 0 Å². The van der Waals surface area contributed by atoms with Crippen molar-refractivity contribution in [2.75, 3.05) is 0 Å². The quantitative estimate of drug-likeness (QED) is 0.763. The third kappa shape index (κ3) is 4.47. The largest absolute Gasteiger partial charge is 0.354 e. The van der Waals surface area contributed by atoms with E-state index in [1.165, 1.54) is 0 Å². The fraction of sp³-hybridized carbons (Fsp3) is 0.368. The number of amides is 2. The van der Waals surface area contributed by atoms with Gasteiger partial charge >= 0.3 is 0 Å². The highest BCUT2D eigenvalue weighted by atomic mass is 16.2. The van der Waals surface area contributed by atoms with Crippen molar-refractivity contribution in [1.29, 1.82) is 0 Å². The van der Waals surface area contributed by atoms with Gasteiger partial charge in [0.2, 0.25) is 0 Å². The highest BCUT2D eigenvalue weighted by Crippen LogP contribution is 2.10. The molecule has 0 spiro atoms. The van der Waals surface area contributed by atoms with E-state index in [1.807, 2.05) is 45.9 Å². The zero-order valence-electron chi connectivity index (χ0n) is 14.7. The zero-order chi connectivity index (χ0) is 17.7. The average molecular weight is 327 g/mol. The first-order valence-electron chi connectivity index (χ1n) is 8.25. The van der Waals surface area contributed by atoms with Crippen LogP contribution in [0, 0.1) is 13.8 Å². The smallest absolute Gasteiger partial charge is 0.268 e. The van der Waals surface area contributed by atoms with Crippen molar-refractivity contribution < 1.29 is 9.59 Å². The second-order valence-electron chi connectivity index (χ2n) is 6.17. The lowest BCUT2D eigenvalue weighted by atomic mass is 10.1.